The van der Waals surface area contributed by atoms with Crippen molar-refractivity contribution in [1.29, 1.82) is 0 Å². The molecular weight excluding hydrogens is 411 g/mol. The van der Waals surface area contributed by atoms with Crippen LogP contribution in [0.3, 0.4) is 0 Å². The highest BCUT2D eigenvalue weighted by molar-refractivity contribution is 6.00. The lowest BCUT2D eigenvalue weighted by molar-refractivity contribution is -0.121. The summed E-state index contributed by atoms with van der Waals surface area (Å²) in [6, 6.07) is 8.69. The van der Waals surface area contributed by atoms with Gasteiger partial charge in [-0.2, -0.15) is 5.10 Å². The van der Waals surface area contributed by atoms with Crippen molar-refractivity contribution in [2.45, 2.75) is 26.8 Å². The molecule has 3 heterocycles. The fourth-order valence-corrected chi connectivity index (χ4v) is 4.40. The molecule has 1 N–H and O–H groups in total. The summed E-state index contributed by atoms with van der Waals surface area (Å²) < 4.78 is 22.3. The first-order chi connectivity index (χ1) is 15.3. The number of amides is 2. The van der Waals surface area contributed by atoms with Crippen molar-refractivity contribution in [2.24, 2.45) is 7.05 Å². The van der Waals surface area contributed by atoms with Crippen LogP contribution in [-0.2, 0) is 24.8 Å². The summed E-state index contributed by atoms with van der Waals surface area (Å²) in [6.45, 7) is 4.50. The molecule has 0 atom stereocenters. The Labute approximate surface area is 184 Å². The lowest BCUT2D eigenvalue weighted by atomic mass is 9.94. The van der Waals surface area contributed by atoms with Gasteiger partial charge in [0.2, 0.25) is 0 Å². The Hall–Kier alpha value is -3.68. The molecule has 5 rings (SSSR count). The van der Waals surface area contributed by atoms with Crippen LogP contribution in [0.2, 0.25) is 0 Å². The molecule has 2 aliphatic rings. The molecule has 2 aromatic carbocycles. The van der Waals surface area contributed by atoms with E-state index in [0.717, 1.165) is 28.9 Å². The average Bonchev–Trinajstić information content (AvgIpc) is 3.01. The van der Waals surface area contributed by atoms with E-state index in [2.05, 4.69) is 10.4 Å². The van der Waals surface area contributed by atoms with E-state index in [4.69, 9.17) is 4.74 Å². The molecular formula is C24H23FN4O3. The van der Waals surface area contributed by atoms with E-state index in [0.29, 0.717) is 28.9 Å². The molecule has 7 nitrogen and oxygen atoms in total. The number of carbonyl (C=O) groups excluding carboxylic acids is 2. The number of ether oxygens (including phenoxy) is 1. The highest BCUT2D eigenvalue weighted by atomic mass is 19.1. The molecule has 0 spiro atoms. The Morgan fingerprint density at radius 2 is 1.97 bits per heavy atom. The Morgan fingerprint density at radius 1 is 1.16 bits per heavy atom. The van der Waals surface area contributed by atoms with Crippen LogP contribution in [0.25, 0.3) is 11.1 Å². The van der Waals surface area contributed by atoms with Gasteiger partial charge in [0.1, 0.15) is 0 Å². The molecule has 2 aliphatic heterocycles. The predicted molar refractivity (Wildman–Crippen MR) is 117 cm³/mol. The van der Waals surface area contributed by atoms with Crippen LogP contribution in [0.4, 0.5) is 10.1 Å². The summed E-state index contributed by atoms with van der Waals surface area (Å²) >= 11 is 0. The Balaban J connectivity index is 1.59. The summed E-state index contributed by atoms with van der Waals surface area (Å²) in [4.78, 5) is 26.6. The quantitative estimate of drug-likeness (QED) is 0.688. The number of halogens is 1. The number of rotatable bonds is 3. The van der Waals surface area contributed by atoms with Gasteiger partial charge in [-0.05, 0) is 55.2 Å². The second-order valence-corrected chi connectivity index (χ2v) is 8.23. The third kappa shape index (κ3) is 3.23. The fourth-order valence-electron chi connectivity index (χ4n) is 4.40. The maximum absolute atomic E-state index is 15.1. The Morgan fingerprint density at radius 3 is 2.72 bits per heavy atom. The van der Waals surface area contributed by atoms with E-state index in [-0.39, 0.29) is 30.7 Å². The molecule has 2 amide bonds. The summed E-state index contributed by atoms with van der Waals surface area (Å²) in [5.74, 6) is -0.865. The molecule has 0 saturated heterocycles. The number of aromatic nitrogens is 2. The van der Waals surface area contributed by atoms with Gasteiger partial charge >= 0.3 is 0 Å². The van der Waals surface area contributed by atoms with Gasteiger partial charge < -0.3 is 15.0 Å². The molecule has 0 radical (unpaired) electrons. The number of hydrogen-bond donors (Lipinski definition) is 1. The first-order valence-electron chi connectivity index (χ1n) is 10.5. The smallest absolute Gasteiger partial charge is 0.265 e. The Kier molecular flexibility index (Phi) is 4.73. The maximum Gasteiger partial charge on any atom is 0.265 e. The van der Waals surface area contributed by atoms with Crippen LogP contribution in [0.1, 0.15) is 32.9 Å². The third-order valence-corrected chi connectivity index (χ3v) is 6.30. The van der Waals surface area contributed by atoms with E-state index in [9.17, 15) is 9.59 Å². The minimum atomic E-state index is -0.545. The van der Waals surface area contributed by atoms with E-state index in [1.807, 2.05) is 33.0 Å². The second kappa shape index (κ2) is 7.47. The number of anilines is 1. The topological polar surface area (TPSA) is 76.5 Å². The standard InChI is InChI=1S/C24H23FN4O3/c1-13-19(14(2)28(3)27-13)11-29-21-10-17(9-20(25)23(21)32-12-22(29)30)16-5-4-15-6-7-26-24(31)18(15)8-16/h4-5,8-10H,6-7,11-12H2,1-3H3,(H,26,31). The lowest BCUT2D eigenvalue weighted by Gasteiger charge is -2.30. The lowest BCUT2D eigenvalue weighted by Crippen LogP contribution is -2.38. The van der Waals surface area contributed by atoms with Crippen LogP contribution in [0.5, 0.6) is 5.75 Å². The SMILES string of the molecule is Cc1nn(C)c(C)c1CN1C(=O)COc2c(F)cc(-c3ccc4c(c3)C(=O)NCC4)cc21. The van der Waals surface area contributed by atoms with Gasteiger partial charge in [0.15, 0.2) is 18.2 Å². The highest BCUT2D eigenvalue weighted by Crippen LogP contribution is 2.40. The minimum absolute atomic E-state index is 0.0586. The largest absolute Gasteiger partial charge is 0.478 e. The van der Waals surface area contributed by atoms with E-state index in [1.165, 1.54) is 6.07 Å². The number of aryl methyl sites for hydroxylation is 2. The molecule has 0 unspecified atom stereocenters. The second-order valence-electron chi connectivity index (χ2n) is 8.23. The molecule has 1 aromatic heterocycles. The van der Waals surface area contributed by atoms with E-state index >= 15 is 4.39 Å². The summed E-state index contributed by atoms with van der Waals surface area (Å²) in [7, 11) is 1.85. The molecule has 0 fully saturated rings. The third-order valence-electron chi connectivity index (χ3n) is 6.30. The van der Waals surface area contributed by atoms with Crippen LogP contribution >= 0.6 is 0 Å². The number of nitrogens with one attached hydrogen (secondary N) is 1. The van der Waals surface area contributed by atoms with Crippen molar-refractivity contribution >= 4 is 17.5 Å². The summed E-state index contributed by atoms with van der Waals surface area (Å²) in [6.07, 6.45) is 0.764. The van der Waals surface area contributed by atoms with Gasteiger partial charge in [-0.25, -0.2) is 4.39 Å². The highest BCUT2D eigenvalue weighted by Gasteiger charge is 2.30. The minimum Gasteiger partial charge on any atom is -0.478 e. The molecule has 32 heavy (non-hydrogen) atoms. The van der Waals surface area contributed by atoms with Gasteiger partial charge in [0.05, 0.1) is 17.9 Å². The van der Waals surface area contributed by atoms with E-state index in [1.54, 1.807) is 21.7 Å². The van der Waals surface area contributed by atoms with Crippen LogP contribution in [0.15, 0.2) is 30.3 Å². The zero-order valence-electron chi connectivity index (χ0n) is 18.2. The number of hydrogen-bond acceptors (Lipinski definition) is 4. The van der Waals surface area contributed by atoms with Crippen LogP contribution < -0.4 is 15.0 Å². The average molecular weight is 434 g/mol. The number of carbonyl (C=O) groups is 2. The summed E-state index contributed by atoms with van der Waals surface area (Å²) in [5, 5.41) is 7.26. The zero-order chi connectivity index (χ0) is 22.6. The number of nitrogens with zero attached hydrogens (tertiary/aromatic N) is 3. The van der Waals surface area contributed by atoms with Crippen molar-refractivity contribution in [2.75, 3.05) is 18.1 Å². The molecule has 3 aromatic rings. The van der Waals surface area contributed by atoms with Gasteiger partial charge in [-0.1, -0.05) is 12.1 Å². The van der Waals surface area contributed by atoms with Crippen molar-refractivity contribution in [1.82, 2.24) is 15.1 Å². The molecule has 0 saturated carbocycles. The van der Waals surface area contributed by atoms with Gasteiger partial charge in [0.25, 0.3) is 11.8 Å². The monoisotopic (exact) mass is 434 g/mol. The maximum atomic E-state index is 15.1. The number of fused-ring (bicyclic) bond motifs is 2. The van der Waals surface area contributed by atoms with Crippen molar-refractivity contribution in [3.63, 3.8) is 0 Å². The molecule has 8 heteroatoms. The van der Waals surface area contributed by atoms with Crippen molar-refractivity contribution in [3.8, 4) is 16.9 Å². The Bertz CT molecular complexity index is 1280. The van der Waals surface area contributed by atoms with Gasteiger partial charge in [-0.15, -0.1) is 0 Å². The van der Waals surface area contributed by atoms with Crippen LogP contribution in [0, 0.1) is 19.7 Å². The molecule has 0 aliphatic carbocycles. The predicted octanol–water partition coefficient (Wildman–Crippen LogP) is 3.05. The molecule has 164 valence electrons. The van der Waals surface area contributed by atoms with E-state index < -0.39 is 5.82 Å². The van der Waals surface area contributed by atoms with Crippen molar-refractivity contribution in [3.05, 3.63) is 64.2 Å². The fraction of sp³-hybridized carbons (Fsp3) is 0.292. The first-order valence-corrected chi connectivity index (χ1v) is 10.5. The summed E-state index contributed by atoms with van der Waals surface area (Å²) in [5.41, 5.74) is 5.91. The van der Waals surface area contributed by atoms with Gasteiger partial charge in [-0.3, -0.25) is 14.3 Å². The van der Waals surface area contributed by atoms with Crippen molar-refractivity contribution < 1.29 is 18.7 Å². The number of benzene rings is 2. The molecule has 0 bridgehead atoms. The van der Waals surface area contributed by atoms with Gasteiger partial charge in [0, 0.05) is 30.4 Å². The first kappa shape index (κ1) is 20.2. The van der Waals surface area contributed by atoms with Crippen LogP contribution in [-0.4, -0.2) is 34.7 Å². The normalized spacial score (nSPS) is 15.2. The zero-order valence-corrected chi connectivity index (χ0v) is 18.2.